The second-order valence-electron chi connectivity index (χ2n) is 6.84. The zero-order valence-electron chi connectivity index (χ0n) is 15.6. The molecule has 0 unspecified atom stereocenters. The molecule has 136 valence electrons. The van der Waals surface area contributed by atoms with Crippen LogP contribution in [-0.2, 0) is 11.2 Å². The molecule has 1 amide bonds. The molecule has 0 saturated heterocycles. The van der Waals surface area contributed by atoms with Crippen molar-refractivity contribution in [3.63, 3.8) is 0 Å². The van der Waals surface area contributed by atoms with Gasteiger partial charge in [0.25, 0.3) is 0 Å². The average molecular weight is 351 g/mol. The van der Waals surface area contributed by atoms with Crippen molar-refractivity contribution in [1.82, 2.24) is 15.3 Å². The smallest absolute Gasteiger partial charge is 0.219 e. The van der Waals surface area contributed by atoms with Gasteiger partial charge in [0.05, 0.1) is 11.2 Å². The minimum absolute atomic E-state index is 0.00274. The number of ether oxygens (including phenoxy) is 1. The zero-order chi connectivity index (χ0) is 18.6. The van der Waals surface area contributed by atoms with E-state index in [1.807, 2.05) is 43.3 Å². The largest absolute Gasteiger partial charge is 0.437 e. The van der Waals surface area contributed by atoms with E-state index < -0.39 is 0 Å². The van der Waals surface area contributed by atoms with E-state index in [1.165, 1.54) is 0 Å². The molecule has 5 nitrogen and oxygen atoms in total. The van der Waals surface area contributed by atoms with Crippen molar-refractivity contribution in [2.24, 2.45) is 0 Å². The van der Waals surface area contributed by atoms with Gasteiger partial charge in [0, 0.05) is 24.9 Å². The Morgan fingerprint density at radius 3 is 2.69 bits per heavy atom. The van der Waals surface area contributed by atoms with Crippen molar-refractivity contribution in [3.05, 3.63) is 53.5 Å². The summed E-state index contributed by atoms with van der Waals surface area (Å²) in [5.74, 6) is 1.27. The van der Waals surface area contributed by atoms with Gasteiger partial charge >= 0.3 is 0 Å². The van der Waals surface area contributed by atoms with E-state index in [1.54, 1.807) is 13.1 Å². The fraction of sp³-hybridized carbons (Fsp3) is 0.381. The molecule has 1 aliphatic carbocycles. The van der Waals surface area contributed by atoms with Crippen LogP contribution >= 0.6 is 0 Å². The minimum Gasteiger partial charge on any atom is -0.437 e. The standard InChI is InChI=1S/C21H25N3O2/c1-4-5-18-7-8-19(15(2)23-18)26-20-9-6-17(14-22-20)10-11-21(12-13-21)24-16(3)25/h6-11,14H,4-5,12-13H2,1-3H3,(H,24,25)/b11-10+. The van der Waals surface area contributed by atoms with Crippen molar-refractivity contribution in [2.45, 2.75) is 52.0 Å². The van der Waals surface area contributed by atoms with Crippen LogP contribution in [0, 0.1) is 6.92 Å². The summed E-state index contributed by atoms with van der Waals surface area (Å²) in [7, 11) is 0. The van der Waals surface area contributed by atoms with Gasteiger partial charge in [0.15, 0.2) is 5.75 Å². The van der Waals surface area contributed by atoms with Crippen LogP contribution in [0.2, 0.25) is 0 Å². The van der Waals surface area contributed by atoms with Gasteiger partial charge in [-0.3, -0.25) is 9.78 Å². The molecule has 1 saturated carbocycles. The Morgan fingerprint density at radius 2 is 2.12 bits per heavy atom. The second kappa shape index (κ2) is 7.68. The maximum absolute atomic E-state index is 11.2. The van der Waals surface area contributed by atoms with Crippen LogP contribution in [0.15, 0.2) is 36.5 Å². The Morgan fingerprint density at radius 1 is 1.31 bits per heavy atom. The Labute approximate surface area is 154 Å². The minimum atomic E-state index is -0.163. The number of pyridine rings is 2. The molecule has 5 heteroatoms. The summed E-state index contributed by atoms with van der Waals surface area (Å²) in [6.07, 6.45) is 9.82. The van der Waals surface area contributed by atoms with Crippen LogP contribution in [0.5, 0.6) is 11.6 Å². The summed E-state index contributed by atoms with van der Waals surface area (Å²) in [6, 6.07) is 7.75. The highest BCUT2D eigenvalue weighted by molar-refractivity contribution is 5.75. The molecular weight excluding hydrogens is 326 g/mol. The van der Waals surface area contributed by atoms with E-state index in [9.17, 15) is 4.79 Å². The van der Waals surface area contributed by atoms with Crippen molar-refractivity contribution >= 4 is 12.0 Å². The van der Waals surface area contributed by atoms with Crippen LogP contribution in [0.3, 0.4) is 0 Å². The third kappa shape index (κ3) is 4.69. The van der Waals surface area contributed by atoms with E-state index in [-0.39, 0.29) is 11.4 Å². The highest BCUT2D eigenvalue weighted by Gasteiger charge is 2.40. The number of hydrogen-bond acceptors (Lipinski definition) is 4. The van der Waals surface area contributed by atoms with Gasteiger partial charge in [0.1, 0.15) is 0 Å². The summed E-state index contributed by atoms with van der Waals surface area (Å²) >= 11 is 0. The van der Waals surface area contributed by atoms with E-state index in [0.717, 1.165) is 48.4 Å². The SMILES string of the molecule is CCCc1ccc(Oc2ccc(/C=C/C3(NC(C)=O)CC3)cn2)c(C)n1. The predicted molar refractivity (Wildman–Crippen MR) is 102 cm³/mol. The lowest BCUT2D eigenvalue weighted by Crippen LogP contribution is -2.33. The van der Waals surface area contributed by atoms with Crippen molar-refractivity contribution in [1.29, 1.82) is 0 Å². The lowest BCUT2D eigenvalue weighted by atomic mass is 10.2. The third-order valence-electron chi connectivity index (χ3n) is 4.38. The summed E-state index contributed by atoms with van der Waals surface area (Å²) in [5.41, 5.74) is 2.76. The zero-order valence-corrected chi connectivity index (χ0v) is 15.6. The van der Waals surface area contributed by atoms with E-state index in [0.29, 0.717) is 5.88 Å². The quantitative estimate of drug-likeness (QED) is 0.811. The van der Waals surface area contributed by atoms with Crippen LogP contribution in [-0.4, -0.2) is 21.4 Å². The number of carbonyl (C=O) groups excluding carboxylic acids is 1. The number of nitrogens with zero attached hydrogens (tertiary/aromatic N) is 2. The molecule has 2 aromatic heterocycles. The predicted octanol–water partition coefficient (Wildman–Crippen LogP) is 4.21. The number of carbonyl (C=O) groups is 1. The average Bonchev–Trinajstić information content (AvgIpc) is 3.36. The topological polar surface area (TPSA) is 64.1 Å². The molecule has 0 atom stereocenters. The lowest BCUT2D eigenvalue weighted by molar-refractivity contribution is -0.119. The lowest BCUT2D eigenvalue weighted by Gasteiger charge is -2.11. The monoisotopic (exact) mass is 351 g/mol. The first-order chi connectivity index (χ1) is 12.5. The summed E-state index contributed by atoms with van der Waals surface area (Å²) < 4.78 is 5.85. The second-order valence-corrected chi connectivity index (χ2v) is 6.84. The number of hydrogen-bond donors (Lipinski definition) is 1. The van der Waals surface area contributed by atoms with E-state index in [4.69, 9.17) is 4.74 Å². The first-order valence-electron chi connectivity index (χ1n) is 9.08. The first-order valence-corrected chi connectivity index (χ1v) is 9.08. The number of aryl methyl sites for hydroxylation is 2. The summed E-state index contributed by atoms with van der Waals surface area (Å²) in [6.45, 7) is 5.64. The van der Waals surface area contributed by atoms with Gasteiger partial charge in [0.2, 0.25) is 11.8 Å². The number of aromatic nitrogens is 2. The van der Waals surface area contributed by atoms with E-state index in [2.05, 4.69) is 22.2 Å². The Balaban J connectivity index is 1.64. The molecule has 0 bridgehead atoms. The van der Waals surface area contributed by atoms with Gasteiger partial charge in [-0.1, -0.05) is 25.5 Å². The van der Waals surface area contributed by atoms with Crippen LogP contribution in [0.1, 0.15) is 50.1 Å². The van der Waals surface area contributed by atoms with Gasteiger partial charge in [-0.15, -0.1) is 0 Å². The third-order valence-corrected chi connectivity index (χ3v) is 4.38. The molecular formula is C21H25N3O2. The maximum atomic E-state index is 11.2. The number of rotatable bonds is 7. The highest BCUT2D eigenvalue weighted by atomic mass is 16.5. The van der Waals surface area contributed by atoms with Crippen molar-refractivity contribution in [3.8, 4) is 11.6 Å². The normalized spacial score (nSPS) is 15.0. The molecule has 0 aromatic carbocycles. The first kappa shape index (κ1) is 18.1. The summed E-state index contributed by atoms with van der Waals surface area (Å²) in [4.78, 5) is 20.2. The summed E-state index contributed by atoms with van der Waals surface area (Å²) in [5, 5.41) is 2.99. The van der Waals surface area contributed by atoms with Crippen LogP contribution in [0.25, 0.3) is 6.08 Å². The molecule has 0 aliphatic heterocycles. The van der Waals surface area contributed by atoms with E-state index >= 15 is 0 Å². The van der Waals surface area contributed by atoms with Crippen molar-refractivity contribution in [2.75, 3.05) is 0 Å². The molecule has 0 spiro atoms. The van der Waals surface area contributed by atoms with Gasteiger partial charge < -0.3 is 10.1 Å². The van der Waals surface area contributed by atoms with Gasteiger partial charge in [-0.2, -0.15) is 0 Å². The van der Waals surface area contributed by atoms with Crippen LogP contribution < -0.4 is 10.1 Å². The number of amides is 1. The fourth-order valence-corrected chi connectivity index (χ4v) is 2.84. The van der Waals surface area contributed by atoms with Crippen LogP contribution in [0.4, 0.5) is 0 Å². The molecule has 3 rings (SSSR count). The molecule has 2 aromatic rings. The van der Waals surface area contributed by atoms with Crippen molar-refractivity contribution < 1.29 is 9.53 Å². The molecule has 26 heavy (non-hydrogen) atoms. The Hall–Kier alpha value is -2.69. The molecule has 2 heterocycles. The number of nitrogens with one attached hydrogen (secondary N) is 1. The molecule has 1 aliphatic rings. The Bertz CT molecular complexity index is 809. The van der Waals surface area contributed by atoms with Gasteiger partial charge in [-0.25, -0.2) is 4.98 Å². The van der Waals surface area contributed by atoms with Gasteiger partial charge in [-0.05, 0) is 49.9 Å². The molecule has 1 N–H and O–H groups in total. The molecule has 1 fully saturated rings. The highest BCUT2D eigenvalue weighted by Crippen LogP contribution is 2.37. The Kier molecular flexibility index (Phi) is 5.35. The molecule has 0 radical (unpaired) electrons. The fourth-order valence-electron chi connectivity index (χ4n) is 2.84. The maximum Gasteiger partial charge on any atom is 0.219 e.